The van der Waals surface area contributed by atoms with Crippen LogP contribution in [-0.4, -0.2) is 54.7 Å². The Balaban J connectivity index is 1.27. The zero-order valence-electron chi connectivity index (χ0n) is 17.5. The van der Waals surface area contributed by atoms with Crippen LogP contribution in [-0.2, 0) is 13.5 Å². The number of rotatable bonds is 8. The van der Waals surface area contributed by atoms with Crippen molar-refractivity contribution >= 4 is 5.69 Å². The smallest absolute Gasteiger partial charge is 0.237 e. The first kappa shape index (κ1) is 20.0. The van der Waals surface area contributed by atoms with Gasteiger partial charge in [-0.15, -0.1) is 0 Å². The van der Waals surface area contributed by atoms with Crippen molar-refractivity contribution < 1.29 is 14.2 Å². The van der Waals surface area contributed by atoms with Gasteiger partial charge in [0.2, 0.25) is 5.88 Å². The summed E-state index contributed by atoms with van der Waals surface area (Å²) >= 11 is 0. The number of nitrogens with zero attached hydrogens (tertiary/aromatic N) is 3. The van der Waals surface area contributed by atoms with Gasteiger partial charge in [-0.1, -0.05) is 6.07 Å². The second-order valence-corrected chi connectivity index (χ2v) is 7.24. The summed E-state index contributed by atoms with van der Waals surface area (Å²) in [4.78, 5) is 4.49. The molecule has 1 unspecified atom stereocenters. The minimum Gasteiger partial charge on any atom is -0.493 e. The molecule has 0 saturated carbocycles. The second kappa shape index (κ2) is 9.04. The van der Waals surface area contributed by atoms with E-state index >= 15 is 0 Å². The number of aromatic nitrogens is 3. The highest BCUT2D eigenvalue weighted by molar-refractivity contribution is 5.69. The number of nitrogens with one attached hydrogen (secondary N) is 2. The Hall–Kier alpha value is -3.26. The molecule has 0 bridgehead atoms. The molecule has 2 aromatic heterocycles. The lowest BCUT2D eigenvalue weighted by Gasteiger charge is -2.27. The first-order valence-corrected chi connectivity index (χ1v) is 9.97. The first-order chi connectivity index (χ1) is 14.7. The van der Waals surface area contributed by atoms with Crippen LogP contribution in [0.1, 0.15) is 5.56 Å². The van der Waals surface area contributed by atoms with Gasteiger partial charge >= 0.3 is 0 Å². The maximum absolute atomic E-state index is 6.05. The van der Waals surface area contributed by atoms with Crippen LogP contribution in [0.3, 0.4) is 0 Å². The summed E-state index contributed by atoms with van der Waals surface area (Å²) in [7, 11) is 5.20. The molecular formula is C22H27N5O3. The van der Waals surface area contributed by atoms with Crippen LogP contribution < -0.4 is 24.8 Å². The number of anilines is 1. The fourth-order valence-electron chi connectivity index (χ4n) is 3.47. The highest BCUT2D eigenvalue weighted by Gasteiger charge is 2.21. The van der Waals surface area contributed by atoms with Crippen molar-refractivity contribution in [2.24, 2.45) is 7.05 Å². The van der Waals surface area contributed by atoms with Gasteiger partial charge < -0.3 is 24.8 Å². The molecule has 2 N–H and O–H groups in total. The van der Waals surface area contributed by atoms with Crippen LogP contribution >= 0.6 is 0 Å². The molecule has 8 heteroatoms. The minimum atomic E-state index is 0.0274. The lowest BCUT2D eigenvalue weighted by Crippen LogP contribution is -2.40. The Morgan fingerprint density at radius 3 is 2.80 bits per heavy atom. The van der Waals surface area contributed by atoms with Gasteiger partial charge in [-0.2, -0.15) is 5.10 Å². The number of fused-ring (bicyclic) bond motifs is 1. The average molecular weight is 409 g/mol. The van der Waals surface area contributed by atoms with E-state index in [0.29, 0.717) is 5.88 Å². The molecule has 0 radical (unpaired) electrons. The zero-order valence-corrected chi connectivity index (χ0v) is 17.5. The molecule has 0 fully saturated rings. The fraction of sp³-hybridized carbons (Fsp3) is 0.364. The van der Waals surface area contributed by atoms with E-state index in [2.05, 4.69) is 32.8 Å². The van der Waals surface area contributed by atoms with E-state index < -0.39 is 0 Å². The van der Waals surface area contributed by atoms with Gasteiger partial charge in [-0.25, -0.2) is 4.98 Å². The summed E-state index contributed by atoms with van der Waals surface area (Å²) < 4.78 is 18.5. The SMILES string of the molecule is COc1ccc(CCNCC2CNc3cc(-c4cnn(C)c4)cnc3O2)cc1OC. The lowest BCUT2D eigenvalue weighted by atomic mass is 10.1. The number of benzene rings is 1. The summed E-state index contributed by atoms with van der Waals surface area (Å²) in [6, 6.07) is 8.06. The minimum absolute atomic E-state index is 0.0274. The number of ether oxygens (including phenoxy) is 3. The summed E-state index contributed by atoms with van der Waals surface area (Å²) in [5.41, 5.74) is 4.16. The third-order valence-electron chi connectivity index (χ3n) is 5.10. The van der Waals surface area contributed by atoms with E-state index in [-0.39, 0.29) is 6.10 Å². The van der Waals surface area contributed by atoms with Crippen molar-refractivity contribution in [3.63, 3.8) is 0 Å². The standard InChI is InChI=1S/C22H27N5O3/c1-27-14-17(11-26-27)16-9-19-22(25-10-16)30-18(13-24-19)12-23-7-6-15-4-5-20(28-2)21(8-15)29-3/h4-5,8-11,14,18,23-24H,6-7,12-13H2,1-3H3. The molecule has 3 aromatic rings. The van der Waals surface area contributed by atoms with Gasteiger partial charge in [0.1, 0.15) is 6.10 Å². The van der Waals surface area contributed by atoms with Gasteiger partial charge in [0, 0.05) is 37.1 Å². The predicted octanol–water partition coefficient (Wildman–Crippen LogP) is 2.50. The quantitative estimate of drug-likeness (QED) is 0.553. The highest BCUT2D eigenvalue weighted by atomic mass is 16.5. The normalized spacial score (nSPS) is 15.1. The van der Waals surface area contributed by atoms with Gasteiger partial charge in [0.05, 0.1) is 32.6 Å². The van der Waals surface area contributed by atoms with Crippen LogP contribution in [0.5, 0.6) is 17.4 Å². The maximum Gasteiger partial charge on any atom is 0.237 e. The van der Waals surface area contributed by atoms with Gasteiger partial charge in [-0.3, -0.25) is 4.68 Å². The maximum atomic E-state index is 6.05. The van der Waals surface area contributed by atoms with E-state index in [0.717, 1.165) is 54.4 Å². The molecule has 0 amide bonds. The summed E-state index contributed by atoms with van der Waals surface area (Å²) in [5, 5.41) is 11.1. The summed E-state index contributed by atoms with van der Waals surface area (Å²) in [6.45, 7) is 2.32. The monoisotopic (exact) mass is 409 g/mol. The zero-order chi connectivity index (χ0) is 20.9. The molecule has 8 nitrogen and oxygen atoms in total. The van der Waals surface area contributed by atoms with Crippen LogP contribution in [0.4, 0.5) is 5.69 Å². The Labute approximate surface area is 176 Å². The van der Waals surface area contributed by atoms with Crippen LogP contribution in [0.2, 0.25) is 0 Å². The molecule has 3 heterocycles. The molecule has 30 heavy (non-hydrogen) atoms. The number of methoxy groups -OCH3 is 2. The Bertz CT molecular complexity index is 1000. The lowest BCUT2D eigenvalue weighted by molar-refractivity contribution is 0.194. The Morgan fingerprint density at radius 1 is 1.17 bits per heavy atom. The van der Waals surface area contributed by atoms with Gasteiger partial charge in [0.15, 0.2) is 11.5 Å². The number of aryl methyl sites for hydroxylation is 1. The number of pyridine rings is 1. The first-order valence-electron chi connectivity index (χ1n) is 9.97. The molecule has 1 aromatic carbocycles. The molecule has 0 saturated heterocycles. The molecule has 158 valence electrons. The van der Waals surface area contributed by atoms with E-state index in [1.54, 1.807) is 18.9 Å². The van der Waals surface area contributed by atoms with Crippen LogP contribution in [0.15, 0.2) is 42.9 Å². The van der Waals surface area contributed by atoms with E-state index in [4.69, 9.17) is 14.2 Å². The molecule has 4 rings (SSSR count). The topological polar surface area (TPSA) is 82.5 Å². The Morgan fingerprint density at radius 2 is 2.03 bits per heavy atom. The van der Waals surface area contributed by atoms with Gasteiger partial charge in [0.25, 0.3) is 0 Å². The van der Waals surface area contributed by atoms with E-state index in [9.17, 15) is 0 Å². The number of hydrogen-bond donors (Lipinski definition) is 2. The van der Waals surface area contributed by atoms with Crippen molar-refractivity contribution in [3.8, 4) is 28.5 Å². The molecular weight excluding hydrogens is 382 g/mol. The van der Waals surface area contributed by atoms with Crippen molar-refractivity contribution in [1.82, 2.24) is 20.1 Å². The Kier molecular flexibility index (Phi) is 6.04. The average Bonchev–Trinajstić information content (AvgIpc) is 3.22. The third kappa shape index (κ3) is 4.49. The third-order valence-corrected chi connectivity index (χ3v) is 5.10. The van der Waals surface area contributed by atoms with Crippen molar-refractivity contribution in [1.29, 1.82) is 0 Å². The molecule has 0 spiro atoms. The predicted molar refractivity (Wildman–Crippen MR) is 115 cm³/mol. The summed E-state index contributed by atoms with van der Waals surface area (Å²) in [6.07, 6.45) is 6.55. The highest BCUT2D eigenvalue weighted by Crippen LogP contribution is 2.31. The second-order valence-electron chi connectivity index (χ2n) is 7.24. The van der Waals surface area contributed by atoms with E-state index in [1.165, 1.54) is 5.56 Å². The molecule has 1 aliphatic heterocycles. The van der Waals surface area contributed by atoms with Gasteiger partial charge in [-0.05, 0) is 36.7 Å². The van der Waals surface area contributed by atoms with E-state index in [1.807, 2.05) is 37.8 Å². The molecule has 0 aliphatic carbocycles. The van der Waals surface area contributed by atoms with Crippen molar-refractivity contribution in [3.05, 3.63) is 48.4 Å². The number of hydrogen-bond acceptors (Lipinski definition) is 7. The van der Waals surface area contributed by atoms with Crippen molar-refractivity contribution in [2.75, 3.05) is 39.2 Å². The summed E-state index contributed by atoms with van der Waals surface area (Å²) in [5.74, 6) is 2.14. The largest absolute Gasteiger partial charge is 0.493 e. The van der Waals surface area contributed by atoms with Crippen LogP contribution in [0, 0.1) is 0 Å². The molecule has 1 aliphatic rings. The fourth-order valence-corrected chi connectivity index (χ4v) is 3.47. The van der Waals surface area contributed by atoms with Crippen molar-refractivity contribution in [2.45, 2.75) is 12.5 Å². The molecule has 1 atom stereocenters. The van der Waals surface area contributed by atoms with Crippen LogP contribution in [0.25, 0.3) is 11.1 Å².